The van der Waals surface area contributed by atoms with Crippen molar-refractivity contribution in [2.24, 2.45) is 0 Å². The van der Waals surface area contributed by atoms with Gasteiger partial charge in [0.1, 0.15) is 0 Å². The van der Waals surface area contributed by atoms with Crippen LogP contribution in [0.3, 0.4) is 0 Å². The van der Waals surface area contributed by atoms with Gasteiger partial charge in [-0.3, -0.25) is 0 Å². The Hall–Kier alpha value is -1.31. The van der Waals surface area contributed by atoms with E-state index in [1.54, 1.807) is 13.0 Å². The molecule has 0 aromatic heterocycles. The molecule has 0 heterocycles. The third kappa shape index (κ3) is 6.23. The van der Waals surface area contributed by atoms with Gasteiger partial charge in [0.15, 0.2) is 0 Å². The highest BCUT2D eigenvalue weighted by Gasteiger charge is 2.05. The van der Waals surface area contributed by atoms with Gasteiger partial charge in [-0.15, -0.1) is 0 Å². The summed E-state index contributed by atoms with van der Waals surface area (Å²) >= 11 is 0. The molecule has 0 saturated heterocycles. The summed E-state index contributed by atoms with van der Waals surface area (Å²) in [5, 5.41) is 0. The maximum absolute atomic E-state index is 11.2. The van der Waals surface area contributed by atoms with E-state index in [1.165, 1.54) is 6.26 Å². The molecule has 0 spiro atoms. The van der Waals surface area contributed by atoms with Crippen molar-refractivity contribution in [3.05, 3.63) is 36.6 Å². The fourth-order valence-electron chi connectivity index (χ4n) is 0.915. The lowest BCUT2D eigenvalue weighted by Crippen LogP contribution is -2.02. The third-order valence-corrected chi connectivity index (χ3v) is 1.68. The molecule has 0 saturated carbocycles. The fourth-order valence-corrected chi connectivity index (χ4v) is 0.915. The molecule has 0 fully saturated rings. The molecule has 0 aromatic carbocycles. The van der Waals surface area contributed by atoms with E-state index in [2.05, 4.69) is 12.7 Å². The first-order valence-corrected chi connectivity index (χ1v) is 4.83. The second-order valence-corrected chi connectivity index (χ2v) is 2.94. The van der Waals surface area contributed by atoms with Gasteiger partial charge < -0.3 is 4.74 Å². The fraction of sp³-hybridized carbons (Fsp3) is 0.417. The van der Waals surface area contributed by atoms with Gasteiger partial charge in [-0.1, -0.05) is 24.8 Å². The van der Waals surface area contributed by atoms with Gasteiger partial charge in [-0.05, 0) is 33.1 Å². The van der Waals surface area contributed by atoms with Crippen molar-refractivity contribution in [2.75, 3.05) is 0 Å². The molecule has 0 unspecified atom stereocenters. The Labute approximate surface area is 86.0 Å². The monoisotopic (exact) mass is 194 g/mol. The van der Waals surface area contributed by atoms with Gasteiger partial charge in [0.2, 0.25) is 0 Å². The molecule has 2 heteroatoms. The Morgan fingerprint density at radius 3 is 2.64 bits per heavy atom. The van der Waals surface area contributed by atoms with Gasteiger partial charge in [-0.2, -0.15) is 0 Å². The average molecular weight is 194 g/mol. The Morgan fingerprint density at radius 1 is 1.36 bits per heavy atom. The van der Waals surface area contributed by atoms with Gasteiger partial charge in [0.25, 0.3) is 0 Å². The number of carbonyl (C=O) groups excluding carboxylic acids is 1. The van der Waals surface area contributed by atoms with Crippen molar-refractivity contribution >= 4 is 5.97 Å². The first-order chi connectivity index (χ1) is 6.72. The maximum Gasteiger partial charge on any atom is 0.338 e. The molecule has 0 bridgehead atoms. The van der Waals surface area contributed by atoms with Crippen LogP contribution in [0.25, 0.3) is 0 Å². The van der Waals surface area contributed by atoms with E-state index in [1.807, 2.05) is 13.0 Å². The minimum atomic E-state index is -0.330. The summed E-state index contributed by atoms with van der Waals surface area (Å²) in [6.07, 6.45) is 9.73. The van der Waals surface area contributed by atoms with Crippen LogP contribution in [0.1, 0.15) is 33.1 Å². The standard InChI is InChI=1S/C12H18O2/c1-4-6-7-8-9-11(3)12(13)14-10-5-2/h4-6,10H,3,7-9H2,1-2H3. The number of carbonyl (C=O) groups is 1. The molecule has 0 aliphatic carbocycles. The predicted octanol–water partition coefficient (Wildman–Crippen LogP) is 3.37. The van der Waals surface area contributed by atoms with Crippen LogP contribution in [0.5, 0.6) is 0 Å². The summed E-state index contributed by atoms with van der Waals surface area (Å²) < 4.78 is 4.77. The number of allylic oxidation sites excluding steroid dienone is 3. The highest BCUT2D eigenvalue weighted by molar-refractivity contribution is 5.88. The van der Waals surface area contributed by atoms with Gasteiger partial charge in [-0.25, -0.2) is 4.79 Å². The lowest BCUT2D eigenvalue weighted by atomic mass is 10.1. The predicted molar refractivity (Wildman–Crippen MR) is 58.7 cm³/mol. The first-order valence-electron chi connectivity index (χ1n) is 4.83. The molecule has 0 N–H and O–H groups in total. The topological polar surface area (TPSA) is 26.3 Å². The highest BCUT2D eigenvalue weighted by Crippen LogP contribution is 2.07. The molecule has 0 aliphatic heterocycles. The van der Waals surface area contributed by atoms with Crippen molar-refractivity contribution < 1.29 is 9.53 Å². The van der Waals surface area contributed by atoms with E-state index < -0.39 is 0 Å². The minimum Gasteiger partial charge on any atom is -0.432 e. The summed E-state index contributed by atoms with van der Waals surface area (Å²) in [7, 11) is 0. The average Bonchev–Trinajstić information content (AvgIpc) is 2.20. The van der Waals surface area contributed by atoms with Crippen LogP contribution in [0.15, 0.2) is 36.6 Å². The van der Waals surface area contributed by atoms with Gasteiger partial charge in [0.05, 0.1) is 6.26 Å². The summed E-state index contributed by atoms with van der Waals surface area (Å²) in [4.78, 5) is 11.2. The number of rotatable bonds is 6. The Bertz CT molecular complexity index is 237. The summed E-state index contributed by atoms with van der Waals surface area (Å²) in [6.45, 7) is 7.45. The van der Waals surface area contributed by atoms with Gasteiger partial charge >= 0.3 is 5.97 Å². The van der Waals surface area contributed by atoms with Crippen molar-refractivity contribution in [1.82, 2.24) is 0 Å². The van der Waals surface area contributed by atoms with Crippen LogP contribution >= 0.6 is 0 Å². The lowest BCUT2D eigenvalue weighted by molar-refractivity contribution is -0.133. The lowest BCUT2D eigenvalue weighted by Gasteiger charge is -2.01. The molecule has 78 valence electrons. The summed E-state index contributed by atoms with van der Waals surface area (Å²) in [6, 6.07) is 0. The highest BCUT2D eigenvalue weighted by atomic mass is 16.5. The van der Waals surface area contributed by atoms with Crippen LogP contribution in [-0.2, 0) is 9.53 Å². The van der Waals surface area contributed by atoms with E-state index >= 15 is 0 Å². The van der Waals surface area contributed by atoms with Crippen LogP contribution in [0, 0.1) is 0 Å². The molecule has 14 heavy (non-hydrogen) atoms. The Balaban J connectivity index is 3.67. The van der Waals surface area contributed by atoms with Crippen LogP contribution in [0.2, 0.25) is 0 Å². The van der Waals surface area contributed by atoms with Crippen molar-refractivity contribution in [3.63, 3.8) is 0 Å². The van der Waals surface area contributed by atoms with Crippen LogP contribution in [0.4, 0.5) is 0 Å². The Morgan fingerprint density at radius 2 is 2.07 bits per heavy atom. The van der Waals surface area contributed by atoms with Crippen LogP contribution < -0.4 is 0 Å². The van der Waals surface area contributed by atoms with Crippen molar-refractivity contribution in [3.8, 4) is 0 Å². The SMILES string of the molecule is C=C(CCCC=CC)C(=O)OC=CC. The molecular weight excluding hydrogens is 176 g/mol. The second kappa shape index (κ2) is 8.30. The molecule has 0 rings (SSSR count). The minimum absolute atomic E-state index is 0.330. The van der Waals surface area contributed by atoms with E-state index in [-0.39, 0.29) is 5.97 Å². The Kier molecular flexibility index (Phi) is 7.52. The molecule has 0 aromatic rings. The quantitative estimate of drug-likeness (QED) is 0.213. The number of hydrogen-bond acceptors (Lipinski definition) is 2. The normalized spacial score (nSPS) is 11.0. The van der Waals surface area contributed by atoms with E-state index in [0.717, 1.165) is 12.8 Å². The zero-order chi connectivity index (χ0) is 10.8. The zero-order valence-electron chi connectivity index (χ0n) is 8.95. The summed E-state index contributed by atoms with van der Waals surface area (Å²) in [5.41, 5.74) is 0.535. The van der Waals surface area contributed by atoms with Crippen LogP contribution in [-0.4, -0.2) is 5.97 Å². The largest absolute Gasteiger partial charge is 0.432 e. The molecule has 2 nitrogen and oxygen atoms in total. The van der Waals surface area contributed by atoms with E-state index in [9.17, 15) is 4.79 Å². The van der Waals surface area contributed by atoms with Crippen molar-refractivity contribution in [1.29, 1.82) is 0 Å². The smallest absolute Gasteiger partial charge is 0.338 e. The second-order valence-electron chi connectivity index (χ2n) is 2.94. The molecule has 0 amide bonds. The number of esters is 1. The maximum atomic E-state index is 11.2. The third-order valence-electron chi connectivity index (χ3n) is 1.68. The van der Waals surface area contributed by atoms with E-state index in [4.69, 9.17) is 4.74 Å². The first kappa shape index (κ1) is 12.7. The van der Waals surface area contributed by atoms with Crippen molar-refractivity contribution in [2.45, 2.75) is 33.1 Å². The molecular formula is C12H18O2. The zero-order valence-corrected chi connectivity index (χ0v) is 8.95. The molecule has 0 radical (unpaired) electrons. The summed E-state index contributed by atoms with van der Waals surface area (Å²) in [5.74, 6) is -0.330. The molecule has 0 atom stereocenters. The number of ether oxygens (including phenoxy) is 1. The van der Waals surface area contributed by atoms with Gasteiger partial charge in [0, 0.05) is 5.57 Å². The van der Waals surface area contributed by atoms with E-state index in [0.29, 0.717) is 12.0 Å². The number of hydrogen-bond donors (Lipinski definition) is 0. The molecule has 0 aliphatic rings. The number of unbranched alkanes of at least 4 members (excludes halogenated alkanes) is 1.